The van der Waals surface area contributed by atoms with Gasteiger partial charge in [0.05, 0.1) is 11.6 Å². The molecular weight excluding hydrogens is 699 g/mol. The van der Waals surface area contributed by atoms with Gasteiger partial charge in [0.2, 0.25) is 0 Å². The molecule has 1 atom stereocenters. The third-order valence-corrected chi connectivity index (χ3v) is 6.45. The Labute approximate surface area is 276 Å². The van der Waals surface area contributed by atoms with Crippen LogP contribution in [-0.4, -0.2) is 108 Å². The Morgan fingerprint density at radius 2 is 1.30 bits per heavy atom. The van der Waals surface area contributed by atoms with Crippen LogP contribution in [0, 0.1) is 0 Å². The van der Waals surface area contributed by atoms with Crippen LogP contribution in [0.2, 0.25) is 0 Å². The summed E-state index contributed by atoms with van der Waals surface area (Å²) in [5.41, 5.74) is 5.69. The molecule has 12 nitrogen and oxygen atoms in total. The van der Waals surface area contributed by atoms with E-state index in [0.717, 1.165) is 43.0 Å². The summed E-state index contributed by atoms with van der Waals surface area (Å²) in [6.45, 7) is 3.89. The number of likely N-dealkylation sites (N-methyl/N-ethyl adjacent to an activating group) is 1. The summed E-state index contributed by atoms with van der Waals surface area (Å²) in [6.07, 6.45) is -9.41. The summed E-state index contributed by atoms with van der Waals surface area (Å²) in [4.78, 5) is 35.8. The van der Waals surface area contributed by atoms with Crippen molar-refractivity contribution in [1.29, 1.82) is 0 Å². The molecule has 50 heavy (non-hydrogen) atoms. The van der Waals surface area contributed by atoms with Gasteiger partial charge in [-0.25, -0.2) is 18.9 Å². The van der Waals surface area contributed by atoms with E-state index in [2.05, 4.69) is 80.8 Å². The lowest BCUT2D eigenvalue weighted by molar-refractivity contribution is -0.193. The van der Waals surface area contributed by atoms with E-state index in [1.807, 2.05) is 29.0 Å². The molecule has 1 saturated heterocycles. The number of pyridine rings is 2. The first-order valence-corrected chi connectivity index (χ1v) is 13.7. The van der Waals surface area contributed by atoms with Crippen LogP contribution in [0.1, 0.15) is 17.3 Å². The quantitative estimate of drug-likeness (QED) is 0.238. The Bertz CT molecular complexity index is 1640. The fraction of sp³-hybridized carbons (Fsp3) is 0.310. The molecule has 0 amide bonds. The van der Waals surface area contributed by atoms with E-state index in [4.69, 9.17) is 29.7 Å². The molecule has 1 aromatic carbocycles. The van der Waals surface area contributed by atoms with Gasteiger partial charge in [0.15, 0.2) is 0 Å². The predicted octanol–water partition coefficient (Wildman–Crippen LogP) is 5.18. The zero-order valence-electron chi connectivity index (χ0n) is 25.5. The first-order chi connectivity index (χ1) is 23.1. The second kappa shape index (κ2) is 17.4. The molecule has 0 spiro atoms. The number of carbonyl (C=O) groups is 3. The molecular formula is C29H27F9N6O6. The molecule has 0 aliphatic carbocycles. The lowest BCUT2D eigenvalue weighted by Crippen LogP contribution is -2.46. The van der Waals surface area contributed by atoms with Gasteiger partial charge in [-0.05, 0) is 30.3 Å². The molecule has 5 rings (SSSR count). The highest BCUT2D eigenvalue weighted by molar-refractivity contribution is 5.73. The molecule has 4 aromatic rings. The number of halogens is 9. The van der Waals surface area contributed by atoms with Crippen molar-refractivity contribution in [2.45, 2.75) is 31.1 Å². The predicted molar refractivity (Wildman–Crippen MR) is 154 cm³/mol. The number of piperazine rings is 1. The van der Waals surface area contributed by atoms with Crippen LogP contribution in [-0.2, 0) is 20.9 Å². The van der Waals surface area contributed by atoms with Gasteiger partial charge in [0.25, 0.3) is 0 Å². The molecule has 0 radical (unpaired) electrons. The number of aromatic nitrogens is 4. The molecule has 21 heteroatoms. The normalized spacial score (nSPS) is 15.4. The van der Waals surface area contributed by atoms with Crippen LogP contribution < -0.4 is 0 Å². The lowest BCUT2D eigenvalue weighted by Gasteiger charge is -2.38. The number of benzene rings is 1. The van der Waals surface area contributed by atoms with Crippen molar-refractivity contribution in [2.75, 3.05) is 26.7 Å². The van der Waals surface area contributed by atoms with Gasteiger partial charge >= 0.3 is 36.4 Å². The number of alkyl halides is 9. The lowest BCUT2D eigenvalue weighted by atomic mass is 10.1. The van der Waals surface area contributed by atoms with Gasteiger partial charge in [-0.15, -0.1) is 5.10 Å². The Morgan fingerprint density at radius 3 is 1.78 bits per heavy atom. The molecule has 4 heterocycles. The zero-order valence-corrected chi connectivity index (χ0v) is 25.5. The maximum absolute atomic E-state index is 10.6. The zero-order chi connectivity index (χ0) is 37.9. The maximum atomic E-state index is 10.6. The fourth-order valence-corrected chi connectivity index (χ4v) is 4.07. The van der Waals surface area contributed by atoms with Gasteiger partial charge in [-0.1, -0.05) is 47.7 Å². The van der Waals surface area contributed by atoms with Crippen molar-refractivity contribution < 1.29 is 69.2 Å². The van der Waals surface area contributed by atoms with Gasteiger partial charge < -0.3 is 15.3 Å². The van der Waals surface area contributed by atoms with Crippen molar-refractivity contribution in [3.05, 3.63) is 84.4 Å². The molecule has 1 fully saturated rings. The first-order valence-electron chi connectivity index (χ1n) is 13.7. The number of rotatable bonds is 4. The van der Waals surface area contributed by atoms with E-state index in [9.17, 15) is 39.5 Å². The summed E-state index contributed by atoms with van der Waals surface area (Å²) in [7, 11) is 2.18. The highest BCUT2D eigenvalue weighted by atomic mass is 19.4. The Balaban J connectivity index is 0.000000338. The number of fused-ring (bicyclic) bond motifs is 1. The van der Waals surface area contributed by atoms with E-state index < -0.39 is 36.4 Å². The average molecular weight is 727 g/mol. The van der Waals surface area contributed by atoms with E-state index in [1.54, 1.807) is 0 Å². The smallest absolute Gasteiger partial charge is 0.475 e. The summed E-state index contributed by atoms with van der Waals surface area (Å²) >= 11 is 0. The molecule has 1 aliphatic rings. The van der Waals surface area contributed by atoms with Crippen molar-refractivity contribution in [3.63, 3.8) is 0 Å². The molecule has 3 aromatic heterocycles. The summed E-state index contributed by atoms with van der Waals surface area (Å²) in [6, 6.07) is 19.0. The van der Waals surface area contributed by atoms with Crippen molar-refractivity contribution in [1.82, 2.24) is 29.6 Å². The number of nitrogens with zero attached hydrogens (tertiary/aromatic N) is 6. The Hall–Kier alpha value is -5.31. The van der Waals surface area contributed by atoms with Crippen LogP contribution in [0.5, 0.6) is 0 Å². The Morgan fingerprint density at radius 1 is 0.760 bits per heavy atom. The molecule has 0 bridgehead atoms. The van der Waals surface area contributed by atoms with E-state index in [0.29, 0.717) is 0 Å². The fourth-order valence-electron chi connectivity index (χ4n) is 4.07. The third-order valence-electron chi connectivity index (χ3n) is 6.45. The number of hydrogen-bond donors (Lipinski definition) is 3. The number of aliphatic carboxylic acids is 3. The monoisotopic (exact) mass is 726 g/mol. The largest absolute Gasteiger partial charge is 0.490 e. The highest BCUT2D eigenvalue weighted by Gasteiger charge is 2.39. The van der Waals surface area contributed by atoms with E-state index >= 15 is 0 Å². The maximum Gasteiger partial charge on any atom is 0.490 e. The minimum absolute atomic E-state index is 0.223. The van der Waals surface area contributed by atoms with Gasteiger partial charge in [0.1, 0.15) is 5.69 Å². The molecule has 272 valence electrons. The minimum atomic E-state index is -5.08. The number of hydrogen-bond acceptors (Lipinski definition) is 8. The topological polar surface area (TPSA) is 161 Å². The van der Waals surface area contributed by atoms with Crippen LogP contribution in [0.15, 0.2) is 73.2 Å². The van der Waals surface area contributed by atoms with Gasteiger partial charge in [-0.3, -0.25) is 14.8 Å². The van der Waals surface area contributed by atoms with Crippen molar-refractivity contribution >= 4 is 23.4 Å². The highest BCUT2D eigenvalue weighted by Crippen LogP contribution is 2.28. The minimum Gasteiger partial charge on any atom is -0.475 e. The molecule has 0 saturated carbocycles. The standard InChI is InChI=1S/C23H24N6.3C2HF3O2/c1-27-12-13-28(15-18-6-5-11-24-14-18)17-22(27)23-21-10-9-20(16-29(21)26-25-23)19-7-3-2-4-8-19;3*3-2(4,5)1(6)7/h2-11,14,16,22H,12-13,15,17H2,1H3;3*(H,6,7). The second-order valence-electron chi connectivity index (χ2n) is 10.1. The van der Waals surface area contributed by atoms with Crippen molar-refractivity contribution in [2.24, 2.45) is 0 Å². The van der Waals surface area contributed by atoms with Gasteiger partial charge in [0, 0.05) is 50.3 Å². The first kappa shape index (κ1) is 40.9. The summed E-state index contributed by atoms with van der Waals surface area (Å²) in [5.74, 6) is -8.27. The van der Waals surface area contributed by atoms with Crippen LogP contribution >= 0.6 is 0 Å². The van der Waals surface area contributed by atoms with E-state index in [1.165, 1.54) is 11.1 Å². The average Bonchev–Trinajstić information content (AvgIpc) is 3.46. The number of carboxylic acids is 3. The second-order valence-corrected chi connectivity index (χ2v) is 10.1. The molecule has 1 unspecified atom stereocenters. The summed E-state index contributed by atoms with van der Waals surface area (Å²) < 4.78 is 97.1. The van der Waals surface area contributed by atoms with Crippen LogP contribution in [0.25, 0.3) is 16.6 Å². The Kier molecular flexibility index (Phi) is 14.2. The summed E-state index contributed by atoms with van der Waals surface area (Å²) in [5, 5.41) is 30.4. The van der Waals surface area contributed by atoms with Crippen molar-refractivity contribution in [3.8, 4) is 11.1 Å². The molecule has 3 N–H and O–H groups in total. The van der Waals surface area contributed by atoms with Crippen LogP contribution in [0.4, 0.5) is 39.5 Å². The molecule has 1 aliphatic heterocycles. The number of carboxylic acid groups (broad SMARTS) is 3. The third kappa shape index (κ3) is 13.0. The van der Waals surface area contributed by atoms with Gasteiger partial charge in [-0.2, -0.15) is 39.5 Å². The van der Waals surface area contributed by atoms with E-state index in [-0.39, 0.29) is 6.04 Å². The SMILES string of the molecule is CN1CCN(Cc2cccnc2)CC1c1nnn2cc(-c3ccccc3)ccc12.O=C(O)C(F)(F)F.O=C(O)C(F)(F)F.O=C(O)C(F)(F)F. The van der Waals surface area contributed by atoms with Crippen LogP contribution in [0.3, 0.4) is 0 Å².